The molecule has 0 aliphatic rings. The first-order valence-electron chi connectivity index (χ1n) is 6.60. The number of hydrogen-bond donors (Lipinski definition) is 0. The molecule has 0 aliphatic carbocycles. The normalized spacial score (nSPS) is 11.1. The Morgan fingerprint density at radius 3 is 2.95 bits per heavy atom. The van der Waals surface area contributed by atoms with E-state index < -0.39 is 0 Å². The molecule has 4 aromatic rings. The van der Waals surface area contributed by atoms with Gasteiger partial charge in [-0.3, -0.25) is 14.3 Å². The molecule has 0 saturated heterocycles. The third-order valence-electron chi connectivity index (χ3n) is 3.20. The van der Waals surface area contributed by atoms with Gasteiger partial charge in [-0.05, 0) is 23.6 Å². The second-order valence-electron chi connectivity index (χ2n) is 4.67. The molecule has 0 atom stereocenters. The van der Waals surface area contributed by atoms with Crippen molar-refractivity contribution in [2.45, 2.75) is 6.54 Å². The zero-order chi connectivity index (χ0) is 14.9. The van der Waals surface area contributed by atoms with Gasteiger partial charge < -0.3 is 0 Å². The minimum atomic E-state index is -0.0209. The van der Waals surface area contributed by atoms with Crippen LogP contribution in [0.25, 0.3) is 20.9 Å². The molecule has 0 N–H and O–H groups in total. The summed E-state index contributed by atoms with van der Waals surface area (Å²) in [7, 11) is 0. The SMILES string of the molecule is O=c1c2sccc2ncn1Cc1csc(-c2ccccn2)n1. The molecule has 7 heteroatoms. The lowest BCUT2D eigenvalue weighted by atomic mass is 10.3. The largest absolute Gasteiger partial charge is 0.292 e. The summed E-state index contributed by atoms with van der Waals surface area (Å²) in [5.74, 6) is 0. The van der Waals surface area contributed by atoms with E-state index in [0.717, 1.165) is 21.9 Å². The van der Waals surface area contributed by atoms with Gasteiger partial charge in [0.2, 0.25) is 0 Å². The molecule has 0 amide bonds. The van der Waals surface area contributed by atoms with Gasteiger partial charge in [0.15, 0.2) is 0 Å². The van der Waals surface area contributed by atoms with Gasteiger partial charge in [-0.25, -0.2) is 9.97 Å². The van der Waals surface area contributed by atoms with E-state index in [1.165, 1.54) is 22.7 Å². The first-order valence-corrected chi connectivity index (χ1v) is 8.35. The van der Waals surface area contributed by atoms with Crippen molar-refractivity contribution >= 4 is 32.9 Å². The Kier molecular flexibility index (Phi) is 3.28. The first kappa shape index (κ1) is 13.3. The highest BCUT2D eigenvalue weighted by Crippen LogP contribution is 2.21. The molecule has 0 aromatic carbocycles. The fourth-order valence-electron chi connectivity index (χ4n) is 2.15. The molecule has 5 nitrogen and oxygen atoms in total. The molecule has 0 aliphatic heterocycles. The zero-order valence-electron chi connectivity index (χ0n) is 11.3. The van der Waals surface area contributed by atoms with Gasteiger partial charge >= 0.3 is 0 Å². The number of nitrogens with zero attached hydrogens (tertiary/aromatic N) is 4. The summed E-state index contributed by atoms with van der Waals surface area (Å²) in [4.78, 5) is 25.5. The predicted molar refractivity (Wildman–Crippen MR) is 88.3 cm³/mol. The molecule has 0 fully saturated rings. The van der Waals surface area contributed by atoms with Crippen LogP contribution in [0.1, 0.15) is 5.69 Å². The third kappa shape index (κ3) is 2.34. The van der Waals surface area contributed by atoms with Crippen LogP contribution in [0.15, 0.2) is 52.3 Å². The van der Waals surface area contributed by atoms with Crippen LogP contribution in [0.4, 0.5) is 0 Å². The Balaban J connectivity index is 1.67. The van der Waals surface area contributed by atoms with E-state index in [0.29, 0.717) is 11.2 Å². The number of pyridine rings is 1. The summed E-state index contributed by atoms with van der Waals surface area (Å²) in [5.41, 5.74) is 2.41. The monoisotopic (exact) mass is 326 g/mol. The number of thiazole rings is 1. The number of thiophene rings is 1. The molecular formula is C15H10N4OS2. The van der Waals surface area contributed by atoms with Gasteiger partial charge in [-0.15, -0.1) is 22.7 Å². The summed E-state index contributed by atoms with van der Waals surface area (Å²) in [6, 6.07) is 7.59. The number of fused-ring (bicyclic) bond motifs is 1. The maximum absolute atomic E-state index is 12.4. The lowest BCUT2D eigenvalue weighted by Crippen LogP contribution is -2.20. The van der Waals surface area contributed by atoms with Crippen molar-refractivity contribution in [1.82, 2.24) is 19.5 Å². The van der Waals surface area contributed by atoms with Gasteiger partial charge in [0.25, 0.3) is 5.56 Å². The van der Waals surface area contributed by atoms with Crippen LogP contribution in [0.3, 0.4) is 0 Å². The van der Waals surface area contributed by atoms with E-state index in [2.05, 4.69) is 15.0 Å². The van der Waals surface area contributed by atoms with E-state index in [-0.39, 0.29) is 5.56 Å². The van der Waals surface area contributed by atoms with E-state index in [9.17, 15) is 4.79 Å². The highest BCUT2D eigenvalue weighted by molar-refractivity contribution is 7.17. The first-order chi connectivity index (χ1) is 10.8. The minimum absolute atomic E-state index is 0.0209. The van der Waals surface area contributed by atoms with Crippen molar-refractivity contribution in [1.29, 1.82) is 0 Å². The maximum atomic E-state index is 12.4. The Bertz CT molecular complexity index is 987. The zero-order valence-corrected chi connectivity index (χ0v) is 13.0. The van der Waals surface area contributed by atoms with E-state index in [1.807, 2.05) is 35.0 Å². The molecule has 0 radical (unpaired) electrons. The van der Waals surface area contributed by atoms with Gasteiger partial charge in [0.05, 0.1) is 29.8 Å². The molecule has 4 aromatic heterocycles. The Hall–Kier alpha value is -2.38. The molecule has 108 valence electrons. The van der Waals surface area contributed by atoms with Crippen LogP contribution in [-0.4, -0.2) is 19.5 Å². The van der Waals surface area contributed by atoms with Crippen molar-refractivity contribution in [3.8, 4) is 10.7 Å². The second-order valence-corrected chi connectivity index (χ2v) is 6.45. The molecule has 0 unspecified atom stereocenters. The van der Waals surface area contributed by atoms with Crippen LogP contribution in [-0.2, 0) is 6.54 Å². The van der Waals surface area contributed by atoms with Crippen LogP contribution < -0.4 is 5.56 Å². The number of aromatic nitrogens is 4. The minimum Gasteiger partial charge on any atom is -0.292 e. The molecule has 0 spiro atoms. The van der Waals surface area contributed by atoms with Crippen LogP contribution in [0.2, 0.25) is 0 Å². The summed E-state index contributed by atoms with van der Waals surface area (Å²) in [6.07, 6.45) is 3.33. The van der Waals surface area contributed by atoms with Gasteiger partial charge in [-0.1, -0.05) is 6.07 Å². The molecule has 4 rings (SSSR count). The predicted octanol–water partition coefficient (Wildman–Crippen LogP) is 3.02. The standard InChI is InChI=1S/C15H10N4OS2/c20-15-13-11(4-6-21-13)17-9-19(15)7-10-8-22-14(18-10)12-3-1-2-5-16-12/h1-6,8-9H,7H2. The highest BCUT2D eigenvalue weighted by atomic mass is 32.1. The number of rotatable bonds is 3. The van der Waals surface area contributed by atoms with Crippen LogP contribution in [0, 0.1) is 0 Å². The quantitative estimate of drug-likeness (QED) is 0.580. The smallest absolute Gasteiger partial charge is 0.271 e. The fourth-order valence-corrected chi connectivity index (χ4v) is 3.73. The highest BCUT2D eigenvalue weighted by Gasteiger charge is 2.09. The molecular weight excluding hydrogens is 316 g/mol. The summed E-state index contributed by atoms with van der Waals surface area (Å²) in [6.45, 7) is 0.420. The maximum Gasteiger partial charge on any atom is 0.271 e. The van der Waals surface area contributed by atoms with Crippen LogP contribution >= 0.6 is 22.7 Å². The Labute approximate surface area is 133 Å². The topological polar surface area (TPSA) is 60.7 Å². The van der Waals surface area contributed by atoms with Crippen molar-refractivity contribution in [2.24, 2.45) is 0 Å². The van der Waals surface area contributed by atoms with Gasteiger partial charge in [0, 0.05) is 11.6 Å². The van der Waals surface area contributed by atoms with E-state index >= 15 is 0 Å². The third-order valence-corrected chi connectivity index (χ3v) is 5.01. The number of hydrogen-bond acceptors (Lipinski definition) is 6. The Morgan fingerprint density at radius 1 is 1.14 bits per heavy atom. The summed E-state index contributed by atoms with van der Waals surface area (Å²) in [5, 5.41) is 4.69. The summed E-state index contributed by atoms with van der Waals surface area (Å²) >= 11 is 2.94. The fraction of sp³-hybridized carbons (Fsp3) is 0.0667. The Morgan fingerprint density at radius 2 is 2.09 bits per heavy atom. The summed E-state index contributed by atoms with van der Waals surface area (Å²) < 4.78 is 2.28. The van der Waals surface area contributed by atoms with Crippen LogP contribution in [0.5, 0.6) is 0 Å². The van der Waals surface area contributed by atoms with Gasteiger partial charge in [-0.2, -0.15) is 0 Å². The average molecular weight is 326 g/mol. The lowest BCUT2D eigenvalue weighted by Gasteiger charge is -2.02. The van der Waals surface area contributed by atoms with Crippen molar-refractivity contribution in [2.75, 3.05) is 0 Å². The van der Waals surface area contributed by atoms with Crippen molar-refractivity contribution in [3.05, 3.63) is 63.6 Å². The van der Waals surface area contributed by atoms with E-state index in [1.54, 1.807) is 17.1 Å². The molecule has 22 heavy (non-hydrogen) atoms. The molecule has 0 bridgehead atoms. The van der Waals surface area contributed by atoms with Crippen molar-refractivity contribution < 1.29 is 0 Å². The second kappa shape index (κ2) is 5.43. The lowest BCUT2D eigenvalue weighted by molar-refractivity contribution is 0.735. The average Bonchev–Trinajstić information content (AvgIpc) is 3.20. The molecule has 0 saturated carbocycles. The van der Waals surface area contributed by atoms with Gasteiger partial charge in [0.1, 0.15) is 9.71 Å². The molecule has 4 heterocycles. The van der Waals surface area contributed by atoms with Crippen molar-refractivity contribution in [3.63, 3.8) is 0 Å². The van der Waals surface area contributed by atoms with E-state index in [4.69, 9.17) is 0 Å².